The summed E-state index contributed by atoms with van der Waals surface area (Å²) in [4.78, 5) is 15.7. The normalized spacial score (nSPS) is 9.71. The van der Waals surface area contributed by atoms with Crippen LogP contribution >= 0.6 is 12.4 Å². The van der Waals surface area contributed by atoms with Gasteiger partial charge in [0.05, 0.1) is 19.5 Å². The molecular weight excluding hydrogens is 240 g/mol. The fourth-order valence-electron chi connectivity index (χ4n) is 1.43. The summed E-state index contributed by atoms with van der Waals surface area (Å²) in [6.45, 7) is 0.286. The lowest BCUT2D eigenvalue weighted by molar-refractivity contribution is 0.0972. The maximum absolute atomic E-state index is 11.8. The molecule has 0 fully saturated rings. The van der Waals surface area contributed by atoms with Gasteiger partial charge in [-0.25, -0.2) is 4.98 Å². The summed E-state index contributed by atoms with van der Waals surface area (Å²) in [7, 11) is 0. The Balaban J connectivity index is 0.00000144. The van der Waals surface area contributed by atoms with Gasteiger partial charge < -0.3 is 9.67 Å². The lowest BCUT2D eigenvalue weighted by Crippen LogP contribution is -2.08. The number of imidazole rings is 1. The molecule has 0 bridgehead atoms. The Kier molecular flexibility index (Phi) is 4.87. The molecule has 0 spiro atoms. The van der Waals surface area contributed by atoms with E-state index in [1.54, 1.807) is 47.6 Å². The molecule has 1 aromatic heterocycles. The number of aromatic nitrogens is 2. The molecule has 90 valence electrons. The van der Waals surface area contributed by atoms with E-state index < -0.39 is 0 Å². The van der Waals surface area contributed by atoms with E-state index in [1.807, 2.05) is 0 Å². The van der Waals surface area contributed by atoms with Crippen LogP contribution in [0.2, 0.25) is 0 Å². The van der Waals surface area contributed by atoms with Crippen LogP contribution in [-0.2, 0) is 13.2 Å². The second-order valence-electron chi connectivity index (χ2n) is 3.51. The number of halogens is 1. The molecule has 0 atom stereocenters. The highest BCUT2D eigenvalue weighted by Gasteiger charge is 2.05. The molecule has 4 nitrogen and oxygen atoms in total. The minimum Gasteiger partial charge on any atom is -0.392 e. The minimum absolute atomic E-state index is 0. The molecule has 0 amide bonds. The van der Waals surface area contributed by atoms with Crippen molar-refractivity contribution in [3.8, 4) is 0 Å². The van der Waals surface area contributed by atoms with Crippen molar-refractivity contribution in [2.45, 2.75) is 13.2 Å². The maximum atomic E-state index is 11.8. The second kappa shape index (κ2) is 6.18. The largest absolute Gasteiger partial charge is 0.392 e. The van der Waals surface area contributed by atoms with Gasteiger partial charge in [-0.15, -0.1) is 12.4 Å². The lowest BCUT2D eigenvalue weighted by Gasteiger charge is -2.02. The highest BCUT2D eigenvalue weighted by atomic mass is 35.5. The SMILES string of the molecule is Cl.O=C(Cn1ccnc1)c1ccc(CO)cc1. The number of hydrogen-bond donors (Lipinski definition) is 1. The summed E-state index contributed by atoms with van der Waals surface area (Å²) >= 11 is 0. The van der Waals surface area contributed by atoms with Gasteiger partial charge in [0.2, 0.25) is 0 Å². The van der Waals surface area contributed by atoms with Crippen molar-refractivity contribution in [1.82, 2.24) is 9.55 Å². The van der Waals surface area contributed by atoms with Crippen molar-refractivity contribution in [1.29, 1.82) is 0 Å². The number of benzene rings is 1. The van der Waals surface area contributed by atoms with Crippen LogP contribution in [0.25, 0.3) is 0 Å². The molecule has 0 unspecified atom stereocenters. The van der Waals surface area contributed by atoms with Gasteiger partial charge in [-0.1, -0.05) is 24.3 Å². The second-order valence-corrected chi connectivity index (χ2v) is 3.51. The number of rotatable bonds is 4. The van der Waals surface area contributed by atoms with Crippen molar-refractivity contribution in [3.63, 3.8) is 0 Å². The molecule has 1 N–H and O–H groups in total. The zero-order chi connectivity index (χ0) is 11.4. The Morgan fingerprint density at radius 1 is 1.29 bits per heavy atom. The van der Waals surface area contributed by atoms with Gasteiger partial charge >= 0.3 is 0 Å². The molecule has 1 aromatic carbocycles. The third-order valence-corrected chi connectivity index (χ3v) is 2.34. The number of ketones is 1. The molecule has 0 saturated carbocycles. The highest BCUT2D eigenvalue weighted by Crippen LogP contribution is 2.06. The first kappa shape index (κ1) is 13.4. The molecule has 5 heteroatoms. The van der Waals surface area contributed by atoms with E-state index in [0.717, 1.165) is 5.56 Å². The zero-order valence-electron chi connectivity index (χ0n) is 9.11. The number of aliphatic hydroxyl groups excluding tert-OH is 1. The molecule has 0 radical (unpaired) electrons. The van der Waals surface area contributed by atoms with Crippen LogP contribution in [-0.4, -0.2) is 20.4 Å². The van der Waals surface area contributed by atoms with E-state index in [9.17, 15) is 4.79 Å². The van der Waals surface area contributed by atoms with Gasteiger partial charge in [0.25, 0.3) is 0 Å². The minimum atomic E-state index is -0.00398. The van der Waals surface area contributed by atoms with Crippen molar-refractivity contribution in [2.75, 3.05) is 0 Å². The number of hydrogen-bond acceptors (Lipinski definition) is 3. The number of carbonyl (C=O) groups is 1. The van der Waals surface area contributed by atoms with Crippen LogP contribution in [0, 0.1) is 0 Å². The fourth-order valence-corrected chi connectivity index (χ4v) is 1.43. The topological polar surface area (TPSA) is 55.1 Å². The van der Waals surface area contributed by atoms with Crippen LogP contribution in [0.15, 0.2) is 43.0 Å². The monoisotopic (exact) mass is 252 g/mol. The van der Waals surface area contributed by atoms with Gasteiger partial charge in [0, 0.05) is 18.0 Å². The molecule has 0 saturated heterocycles. The van der Waals surface area contributed by atoms with Gasteiger partial charge in [-0.2, -0.15) is 0 Å². The number of nitrogens with zero attached hydrogens (tertiary/aromatic N) is 2. The summed E-state index contributed by atoms with van der Waals surface area (Å²) in [5.41, 5.74) is 1.45. The van der Waals surface area contributed by atoms with E-state index in [1.165, 1.54) is 0 Å². The van der Waals surface area contributed by atoms with E-state index in [4.69, 9.17) is 5.11 Å². The molecular formula is C12H13ClN2O2. The third kappa shape index (κ3) is 3.41. The summed E-state index contributed by atoms with van der Waals surface area (Å²) in [6, 6.07) is 6.96. The van der Waals surface area contributed by atoms with Gasteiger partial charge in [-0.3, -0.25) is 4.79 Å². The van der Waals surface area contributed by atoms with E-state index >= 15 is 0 Å². The Bertz CT molecular complexity index is 466. The van der Waals surface area contributed by atoms with Gasteiger partial charge in [0.15, 0.2) is 5.78 Å². The molecule has 0 aliphatic rings. The Hall–Kier alpha value is -1.65. The van der Waals surface area contributed by atoms with Gasteiger partial charge in [-0.05, 0) is 5.56 Å². The Morgan fingerprint density at radius 3 is 2.53 bits per heavy atom. The maximum Gasteiger partial charge on any atom is 0.182 e. The molecule has 17 heavy (non-hydrogen) atoms. The molecule has 0 aliphatic heterocycles. The van der Waals surface area contributed by atoms with Crippen LogP contribution in [0.3, 0.4) is 0 Å². The van der Waals surface area contributed by atoms with E-state index in [-0.39, 0.29) is 24.8 Å². The van der Waals surface area contributed by atoms with Crippen LogP contribution in [0.5, 0.6) is 0 Å². The molecule has 1 heterocycles. The smallest absolute Gasteiger partial charge is 0.182 e. The molecule has 2 rings (SSSR count). The first-order valence-electron chi connectivity index (χ1n) is 4.98. The lowest BCUT2D eigenvalue weighted by atomic mass is 10.1. The predicted molar refractivity (Wildman–Crippen MR) is 66.2 cm³/mol. The van der Waals surface area contributed by atoms with Gasteiger partial charge in [0.1, 0.15) is 0 Å². The number of carbonyl (C=O) groups excluding carboxylic acids is 1. The fraction of sp³-hybridized carbons (Fsp3) is 0.167. The quantitative estimate of drug-likeness (QED) is 0.843. The molecule has 0 aliphatic carbocycles. The van der Waals surface area contributed by atoms with Crippen molar-refractivity contribution in [3.05, 3.63) is 54.1 Å². The standard InChI is InChI=1S/C12H12N2O2.ClH/c15-8-10-1-3-11(4-2-10)12(16)7-14-6-5-13-9-14;/h1-6,9,15H,7-8H2;1H. The number of Topliss-reactive ketones (excluding diaryl/α,β-unsaturated/α-hetero) is 1. The Labute approximate surface area is 105 Å². The van der Waals surface area contributed by atoms with Crippen molar-refractivity contribution in [2.24, 2.45) is 0 Å². The highest BCUT2D eigenvalue weighted by molar-refractivity contribution is 5.95. The summed E-state index contributed by atoms with van der Waals surface area (Å²) < 4.78 is 1.72. The number of aliphatic hydroxyl groups is 1. The van der Waals surface area contributed by atoms with E-state index in [0.29, 0.717) is 12.1 Å². The average Bonchev–Trinajstić information content (AvgIpc) is 2.82. The third-order valence-electron chi connectivity index (χ3n) is 2.34. The summed E-state index contributed by atoms with van der Waals surface area (Å²) in [6.07, 6.45) is 5.00. The van der Waals surface area contributed by atoms with Crippen LogP contribution in [0.1, 0.15) is 15.9 Å². The van der Waals surface area contributed by atoms with Crippen molar-refractivity contribution < 1.29 is 9.90 Å². The zero-order valence-corrected chi connectivity index (χ0v) is 9.93. The molecule has 2 aromatic rings. The summed E-state index contributed by atoms with van der Waals surface area (Å²) in [5.74, 6) is 0.0301. The summed E-state index contributed by atoms with van der Waals surface area (Å²) in [5, 5.41) is 8.88. The van der Waals surface area contributed by atoms with Crippen molar-refractivity contribution >= 4 is 18.2 Å². The van der Waals surface area contributed by atoms with E-state index in [2.05, 4.69) is 4.98 Å². The van der Waals surface area contributed by atoms with Crippen LogP contribution in [0.4, 0.5) is 0 Å². The predicted octanol–water partition coefficient (Wildman–Crippen LogP) is 1.68. The first-order chi connectivity index (χ1) is 7.79. The Morgan fingerprint density at radius 2 is 2.00 bits per heavy atom. The first-order valence-corrected chi connectivity index (χ1v) is 4.98. The average molecular weight is 253 g/mol. The van der Waals surface area contributed by atoms with Crippen LogP contribution < -0.4 is 0 Å².